The topological polar surface area (TPSA) is 67.4 Å². The fourth-order valence-electron chi connectivity index (χ4n) is 2.28. The van der Waals surface area contributed by atoms with Gasteiger partial charge < -0.3 is 10.1 Å². The monoisotopic (exact) mass is 278 g/mol. The van der Waals surface area contributed by atoms with Crippen LogP contribution in [0.3, 0.4) is 0 Å². The lowest BCUT2D eigenvalue weighted by atomic mass is 9.65. The Labute approximate surface area is 111 Å². The summed E-state index contributed by atoms with van der Waals surface area (Å²) in [6, 6.07) is -0.00589. The Morgan fingerprint density at radius 3 is 2.56 bits per heavy atom. The second-order valence-electron chi connectivity index (χ2n) is 5.45. The van der Waals surface area contributed by atoms with E-state index >= 15 is 0 Å². The maximum atomic E-state index is 11.9. The van der Waals surface area contributed by atoms with Gasteiger partial charge in [0.1, 0.15) is 0 Å². The Hall–Kier alpha value is -0.170. The van der Waals surface area contributed by atoms with E-state index in [0.717, 1.165) is 13.0 Å². The Bertz CT molecular complexity index is 354. The van der Waals surface area contributed by atoms with E-state index in [1.165, 1.54) is 0 Å². The summed E-state index contributed by atoms with van der Waals surface area (Å²) in [5.41, 5.74) is -0.119. The average molecular weight is 278 g/mol. The summed E-state index contributed by atoms with van der Waals surface area (Å²) < 4.78 is 32.1. The number of nitrogens with one attached hydrogen (secondary N) is 2. The van der Waals surface area contributed by atoms with Gasteiger partial charge in [0.25, 0.3) is 0 Å². The third-order valence-electron chi connectivity index (χ3n) is 3.71. The first-order valence-electron chi connectivity index (χ1n) is 6.59. The summed E-state index contributed by atoms with van der Waals surface area (Å²) in [5.74, 6) is 0.180. The summed E-state index contributed by atoms with van der Waals surface area (Å²) in [4.78, 5) is 0. The van der Waals surface area contributed by atoms with Gasteiger partial charge in [0.05, 0.1) is 11.9 Å². The molecule has 108 valence electrons. The van der Waals surface area contributed by atoms with Crippen molar-refractivity contribution in [3.63, 3.8) is 0 Å². The molecule has 2 N–H and O–H groups in total. The number of ether oxygens (including phenoxy) is 1. The van der Waals surface area contributed by atoms with Crippen LogP contribution in [-0.4, -0.2) is 46.5 Å². The molecule has 0 aromatic heterocycles. The number of hydrogen-bond acceptors (Lipinski definition) is 4. The van der Waals surface area contributed by atoms with Crippen LogP contribution < -0.4 is 10.0 Å². The zero-order valence-corrected chi connectivity index (χ0v) is 12.6. The Balaban J connectivity index is 2.44. The minimum Gasteiger partial charge on any atom is -0.378 e. The highest BCUT2D eigenvalue weighted by Crippen LogP contribution is 2.43. The molecule has 1 rings (SSSR count). The van der Waals surface area contributed by atoms with Crippen molar-refractivity contribution in [2.45, 2.75) is 45.8 Å². The Morgan fingerprint density at radius 1 is 1.39 bits per heavy atom. The molecule has 0 aliphatic heterocycles. The highest BCUT2D eigenvalue weighted by Gasteiger charge is 2.50. The number of sulfonamides is 1. The molecule has 1 aliphatic rings. The van der Waals surface area contributed by atoms with Gasteiger partial charge in [-0.05, 0) is 33.4 Å². The molecule has 2 unspecified atom stereocenters. The van der Waals surface area contributed by atoms with Crippen molar-refractivity contribution < 1.29 is 13.2 Å². The van der Waals surface area contributed by atoms with Gasteiger partial charge >= 0.3 is 0 Å². The molecule has 1 fully saturated rings. The fourth-order valence-corrected chi connectivity index (χ4v) is 3.76. The lowest BCUT2D eigenvalue weighted by Gasteiger charge is -2.51. The highest BCUT2D eigenvalue weighted by molar-refractivity contribution is 7.89. The molecular formula is C12H26N2O3S. The van der Waals surface area contributed by atoms with Gasteiger partial charge in [0.15, 0.2) is 0 Å². The van der Waals surface area contributed by atoms with Crippen LogP contribution in [0.2, 0.25) is 0 Å². The lowest BCUT2D eigenvalue weighted by molar-refractivity contribution is -0.108. The van der Waals surface area contributed by atoms with Crippen LogP contribution in [0.4, 0.5) is 0 Å². The Kier molecular flexibility index (Phi) is 5.58. The number of hydrogen-bond donors (Lipinski definition) is 2. The summed E-state index contributed by atoms with van der Waals surface area (Å²) >= 11 is 0. The predicted octanol–water partition coefficient (Wildman–Crippen LogP) is 0.719. The van der Waals surface area contributed by atoms with Crippen LogP contribution in [0.25, 0.3) is 0 Å². The molecule has 2 atom stereocenters. The quantitative estimate of drug-likeness (QED) is 0.642. The van der Waals surface area contributed by atoms with E-state index in [1.807, 2.05) is 14.0 Å². The van der Waals surface area contributed by atoms with Gasteiger partial charge in [-0.2, -0.15) is 0 Å². The van der Waals surface area contributed by atoms with Crippen LogP contribution in [0, 0.1) is 5.41 Å². The van der Waals surface area contributed by atoms with E-state index in [1.54, 1.807) is 0 Å². The molecule has 1 aliphatic carbocycles. The fraction of sp³-hybridized carbons (Fsp3) is 1.00. The van der Waals surface area contributed by atoms with E-state index in [4.69, 9.17) is 4.74 Å². The zero-order valence-electron chi connectivity index (χ0n) is 11.8. The molecule has 18 heavy (non-hydrogen) atoms. The minimum absolute atomic E-state index is 0.00589. The third-order valence-corrected chi connectivity index (χ3v) is 5.18. The molecule has 0 heterocycles. The third kappa shape index (κ3) is 3.91. The van der Waals surface area contributed by atoms with Crippen molar-refractivity contribution in [3.8, 4) is 0 Å². The predicted molar refractivity (Wildman–Crippen MR) is 73.1 cm³/mol. The van der Waals surface area contributed by atoms with E-state index in [-0.39, 0.29) is 23.3 Å². The maximum absolute atomic E-state index is 11.9. The van der Waals surface area contributed by atoms with Gasteiger partial charge in [0, 0.05) is 18.1 Å². The summed E-state index contributed by atoms with van der Waals surface area (Å²) in [6.07, 6.45) is 1.56. The van der Waals surface area contributed by atoms with Crippen LogP contribution in [0.1, 0.15) is 33.6 Å². The molecule has 5 nitrogen and oxygen atoms in total. The first-order valence-corrected chi connectivity index (χ1v) is 8.25. The first kappa shape index (κ1) is 15.9. The van der Waals surface area contributed by atoms with Crippen molar-refractivity contribution in [2.24, 2.45) is 5.41 Å². The summed E-state index contributed by atoms with van der Waals surface area (Å²) in [6.45, 7) is 7.47. The van der Waals surface area contributed by atoms with Crippen molar-refractivity contribution in [2.75, 3.05) is 26.0 Å². The van der Waals surface area contributed by atoms with Crippen LogP contribution in [0.15, 0.2) is 0 Å². The van der Waals surface area contributed by atoms with E-state index < -0.39 is 10.0 Å². The lowest BCUT2D eigenvalue weighted by Crippen LogP contribution is -2.62. The Morgan fingerprint density at radius 2 is 2.06 bits per heavy atom. The van der Waals surface area contributed by atoms with Crippen molar-refractivity contribution >= 4 is 10.0 Å². The van der Waals surface area contributed by atoms with Gasteiger partial charge in [-0.15, -0.1) is 0 Å². The normalized spacial score (nSPS) is 26.9. The molecule has 0 bridgehead atoms. The largest absolute Gasteiger partial charge is 0.378 e. The van der Waals surface area contributed by atoms with Crippen molar-refractivity contribution in [1.29, 1.82) is 0 Å². The maximum Gasteiger partial charge on any atom is 0.211 e. The standard InChI is InChI=1S/C12H26N2O3S/c1-5-17-11-9-10(12(11,2)3)14-18(15,16)8-6-7-13-4/h10-11,13-14H,5-9H2,1-4H3. The zero-order chi connectivity index (χ0) is 13.8. The summed E-state index contributed by atoms with van der Waals surface area (Å²) in [5, 5.41) is 2.95. The van der Waals surface area contributed by atoms with Gasteiger partial charge in [-0.25, -0.2) is 13.1 Å². The van der Waals surface area contributed by atoms with E-state index in [9.17, 15) is 8.42 Å². The SMILES string of the molecule is CCOC1CC(NS(=O)(=O)CCCNC)C1(C)C. The van der Waals surface area contributed by atoms with Gasteiger partial charge in [-0.3, -0.25) is 0 Å². The molecule has 0 radical (unpaired) electrons. The number of rotatable bonds is 8. The van der Waals surface area contributed by atoms with Crippen molar-refractivity contribution in [1.82, 2.24) is 10.0 Å². The summed E-state index contributed by atoms with van der Waals surface area (Å²) in [7, 11) is -1.35. The second-order valence-corrected chi connectivity index (χ2v) is 7.32. The molecule has 0 spiro atoms. The first-order chi connectivity index (χ1) is 8.33. The van der Waals surface area contributed by atoms with E-state index in [2.05, 4.69) is 23.9 Å². The molecule has 0 amide bonds. The molecule has 0 saturated heterocycles. The van der Waals surface area contributed by atoms with Crippen LogP contribution >= 0.6 is 0 Å². The van der Waals surface area contributed by atoms with Gasteiger partial charge in [-0.1, -0.05) is 13.8 Å². The van der Waals surface area contributed by atoms with E-state index in [0.29, 0.717) is 13.0 Å². The molecule has 1 saturated carbocycles. The smallest absolute Gasteiger partial charge is 0.211 e. The van der Waals surface area contributed by atoms with Crippen LogP contribution in [0.5, 0.6) is 0 Å². The van der Waals surface area contributed by atoms with Crippen LogP contribution in [-0.2, 0) is 14.8 Å². The highest BCUT2D eigenvalue weighted by atomic mass is 32.2. The molecule has 6 heteroatoms. The average Bonchev–Trinajstić information content (AvgIpc) is 2.28. The van der Waals surface area contributed by atoms with Gasteiger partial charge in [0.2, 0.25) is 10.0 Å². The molecular weight excluding hydrogens is 252 g/mol. The molecule has 0 aromatic rings. The van der Waals surface area contributed by atoms with Crippen molar-refractivity contribution in [3.05, 3.63) is 0 Å². The molecule has 0 aromatic carbocycles. The second kappa shape index (κ2) is 6.32. The minimum atomic E-state index is -3.17.